The van der Waals surface area contributed by atoms with Crippen LogP contribution >= 0.6 is 23.5 Å². The van der Waals surface area contributed by atoms with Crippen molar-refractivity contribution in [2.75, 3.05) is 12.5 Å². The van der Waals surface area contributed by atoms with E-state index in [1.165, 1.54) is 0 Å². The van der Waals surface area contributed by atoms with Crippen LogP contribution in [0.2, 0.25) is 0 Å². The van der Waals surface area contributed by atoms with Crippen molar-refractivity contribution in [1.82, 2.24) is 29.9 Å². The zero-order chi connectivity index (χ0) is 27.3. The highest BCUT2D eigenvalue weighted by Crippen LogP contribution is 2.30. The number of hydrogen-bond donors (Lipinski definition) is 0. The lowest BCUT2D eigenvalue weighted by molar-refractivity contribution is 1.17. The Morgan fingerprint density at radius 2 is 0.700 bits per heavy atom. The van der Waals surface area contributed by atoms with E-state index in [1.54, 1.807) is 35.9 Å². The molecular weight excluding hydrogens is 533 g/mol. The van der Waals surface area contributed by atoms with Crippen LogP contribution in [-0.4, -0.2) is 42.4 Å². The van der Waals surface area contributed by atoms with Crippen LogP contribution in [0.1, 0.15) is 0 Å². The molecule has 0 radical (unpaired) electrons. The van der Waals surface area contributed by atoms with Crippen LogP contribution in [0.3, 0.4) is 0 Å². The van der Waals surface area contributed by atoms with Gasteiger partial charge in [-0.15, -0.1) is 23.5 Å². The molecule has 40 heavy (non-hydrogen) atoms. The third-order valence-corrected chi connectivity index (χ3v) is 7.62. The van der Waals surface area contributed by atoms with Gasteiger partial charge in [-0.2, -0.15) is 0 Å². The highest BCUT2D eigenvalue weighted by Gasteiger charge is 2.13. The predicted octanol–water partition coefficient (Wildman–Crippen LogP) is 7.84. The van der Waals surface area contributed by atoms with Crippen LogP contribution in [0.25, 0.3) is 56.9 Å². The largest absolute Gasteiger partial charge is 0.255 e. The van der Waals surface area contributed by atoms with Crippen LogP contribution < -0.4 is 0 Å². The molecule has 6 rings (SSSR count). The van der Waals surface area contributed by atoms with Crippen molar-refractivity contribution in [3.63, 3.8) is 0 Å². The SMILES string of the molecule is CSc1cc(-c2ccccn2)nc(-c2cccc(-c3cccc(-c4cc(SC)cc(-c5ccccn5)n4)n3)n2)c1. The van der Waals surface area contributed by atoms with Crippen molar-refractivity contribution in [1.29, 1.82) is 0 Å². The third kappa shape index (κ3) is 5.64. The Balaban J connectivity index is 1.38. The molecule has 8 heteroatoms. The van der Waals surface area contributed by atoms with Crippen LogP contribution in [0.15, 0.2) is 119 Å². The first kappa shape index (κ1) is 25.9. The number of aromatic nitrogens is 6. The van der Waals surface area contributed by atoms with Crippen LogP contribution in [-0.2, 0) is 0 Å². The van der Waals surface area contributed by atoms with E-state index in [2.05, 4.69) is 46.7 Å². The number of pyridine rings is 6. The molecule has 0 saturated heterocycles. The number of hydrogen-bond acceptors (Lipinski definition) is 8. The Kier molecular flexibility index (Phi) is 7.61. The Hall–Kier alpha value is -4.40. The molecule has 6 heterocycles. The smallest absolute Gasteiger partial charge is 0.0905 e. The highest BCUT2D eigenvalue weighted by molar-refractivity contribution is 7.98. The van der Waals surface area contributed by atoms with Gasteiger partial charge in [-0.05, 0) is 85.3 Å². The van der Waals surface area contributed by atoms with Crippen LogP contribution in [0, 0.1) is 0 Å². The van der Waals surface area contributed by atoms with Gasteiger partial charge >= 0.3 is 0 Å². The van der Waals surface area contributed by atoms with E-state index in [9.17, 15) is 0 Å². The van der Waals surface area contributed by atoms with Gasteiger partial charge < -0.3 is 0 Å². The molecule has 0 aliphatic carbocycles. The minimum Gasteiger partial charge on any atom is -0.255 e. The summed E-state index contributed by atoms with van der Waals surface area (Å²) in [5.74, 6) is 0. The maximum atomic E-state index is 4.97. The van der Waals surface area contributed by atoms with Crippen molar-refractivity contribution in [3.05, 3.63) is 109 Å². The molecule has 6 nitrogen and oxygen atoms in total. The highest BCUT2D eigenvalue weighted by atomic mass is 32.2. The zero-order valence-electron chi connectivity index (χ0n) is 21.9. The molecule has 0 amide bonds. The van der Waals surface area contributed by atoms with Gasteiger partial charge in [0.1, 0.15) is 0 Å². The molecule has 0 bridgehead atoms. The van der Waals surface area contributed by atoms with Gasteiger partial charge in [-0.1, -0.05) is 24.3 Å². The molecule has 6 aromatic rings. The van der Waals surface area contributed by atoms with E-state index in [0.29, 0.717) is 0 Å². The molecule has 194 valence electrons. The molecule has 0 saturated carbocycles. The quantitative estimate of drug-likeness (QED) is 0.184. The van der Waals surface area contributed by atoms with Gasteiger partial charge in [-0.3, -0.25) is 9.97 Å². The summed E-state index contributed by atoms with van der Waals surface area (Å²) < 4.78 is 0. The van der Waals surface area contributed by atoms with Crippen molar-refractivity contribution >= 4 is 23.5 Å². The van der Waals surface area contributed by atoms with Crippen molar-refractivity contribution in [2.24, 2.45) is 0 Å². The molecular formula is C32H24N6S2. The van der Waals surface area contributed by atoms with E-state index in [0.717, 1.165) is 66.7 Å². The Labute approximate surface area is 241 Å². The Morgan fingerprint density at radius 1 is 0.375 bits per heavy atom. The minimum absolute atomic E-state index is 0.765. The first-order chi connectivity index (χ1) is 19.7. The fourth-order valence-electron chi connectivity index (χ4n) is 4.24. The molecule has 6 aromatic heterocycles. The topological polar surface area (TPSA) is 77.3 Å². The zero-order valence-corrected chi connectivity index (χ0v) is 23.5. The van der Waals surface area contributed by atoms with Crippen molar-refractivity contribution in [3.8, 4) is 56.9 Å². The second kappa shape index (κ2) is 11.8. The van der Waals surface area contributed by atoms with E-state index >= 15 is 0 Å². The summed E-state index contributed by atoms with van der Waals surface area (Å²) in [6.45, 7) is 0. The number of thioether (sulfide) groups is 2. The molecule has 0 spiro atoms. The fraction of sp³-hybridized carbons (Fsp3) is 0.0625. The standard InChI is InChI=1S/C32H24N6S2/c1-39-21-17-29(23-9-3-5-15-33-23)37-31(19-21)27-13-7-11-25(35-27)26-12-8-14-28(36-26)32-20-22(40-2)18-30(38-32)24-10-4-6-16-34-24/h3-20H,1-2H3. The van der Waals surface area contributed by atoms with Crippen LogP contribution in [0.5, 0.6) is 0 Å². The predicted molar refractivity (Wildman–Crippen MR) is 164 cm³/mol. The fourth-order valence-corrected chi connectivity index (χ4v) is 5.16. The summed E-state index contributed by atoms with van der Waals surface area (Å²) in [6, 6.07) is 31.8. The summed E-state index contributed by atoms with van der Waals surface area (Å²) in [7, 11) is 0. The lowest BCUT2D eigenvalue weighted by Crippen LogP contribution is -1.97. The normalized spacial score (nSPS) is 10.9. The monoisotopic (exact) mass is 556 g/mol. The van der Waals surface area contributed by atoms with E-state index in [-0.39, 0.29) is 0 Å². The molecule has 0 aliphatic rings. The second-order valence-electron chi connectivity index (χ2n) is 8.80. The molecule has 0 atom stereocenters. The average Bonchev–Trinajstić information content (AvgIpc) is 3.05. The Bertz CT molecular complexity index is 1650. The summed E-state index contributed by atoms with van der Waals surface area (Å²) >= 11 is 3.34. The van der Waals surface area contributed by atoms with Gasteiger partial charge in [0.05, 0.1) is 56.9 Å². The summed E-state index contributed by atoms with van der Waals surface area (Å²) in [5, 5.41) is 0. The van der Waals surface area contributed by atoms with Crippen molar-refractivity contribution < 1.29 is 0 Å². The maximum absolute atomic E-state index is 4.97. The molecule has 0 aromatic carbocycles. The lowest BCUT2D eigenvalue weighted by Gasteiger charge is -2.10. The minimum atomic E-state index is 0.765. The van der Waals surface area contributed by atoms with Crippen molar-refractivity contribution in [2.45, 2.75) is 9.79 Å². The number of nitrogens with zero attached hydrogens (tertiary/aromatic N) is 6. The third-order valence-electron chi connectivity index (χ3n) is 6.21. The van der Waals surface area contributed by atoms with Crippen LogP contribution in [0.4, 0.5) is 0 Å². The van der Waals surface area contributed by atoms with Gasteiger partial charge in [0, 0.05) is 22.2 Å². The molecule has 0 aliphatic heterocycles. The number of rotatable bonds is 7. The molecule has 0 N–H and O–H groups in total. The summed E-state index contributed by atoms with van der Waals surface area (Å²) in [4.78, 5) is 30.9. The Morgan fingerprint density at radius 3 is 1.05 bits per heavy atom. The van der Waals surface area contributed by atoms with Gasteiger partial charge in [0.2, 0.25) is 0 Å². The summed E-state index contributed by atoms with van der Waals surface area (Å²) in [6.07, 6.45) is 7.67. The van der Waals surface area contributed by atoms with E-state index in [1.807, 2.05) is 72.8 Å². The van der Waals surface area contributed by atoms with E-state index < -0.39 is 0 Å². The second-order valence-corrected chi connectivity index (χ2v) is 10.6. The lowest BCUT2D eigenvalue weighted by atomic mass is 10.1. The molecule has 0 unspecified atom stereocenters. The first-order valence-corrected chi connectivity index (χ1v) is 15.1. The van der Waals surface area contributed by atoms with E-state index in [4.69, 9.17) is 19.9 Å². The average molecular weight is 557 g/mol. The summed E-state index contributed by atoms with van der Waals surface area (Å²) in [5.41, 5.74) is 7.96. The molecule has 0 fully saturated rings. The van der Waals surface area contributed by atoms with Gasteiger partial charge in [0.25, 0.3) is 0 Å². The maximum Gasteiger partial charge on any atom is 0.0905 e. The van der Waals surface area contributed by atoms with Gasteiger partial charge in [0.15, 0.2) is 0 Å². The van der Waals surface area contributed by atoms with Gasteiger partial charge in [-0.25, -0.2) is 19.9 Å². The first-order valence-electron chi connectivity index (χ1n) is 12.6.